The quantitative estimate of drug-likeness (QED) is 0.528. The summed E-state index contributed by atoms with van der Waals surface area (Å²) >= 11 is 0. The molecule has 1 heterocycles. The lowest BCUT2D eigenvalue weighted by molar-refractivity contribution is 0.660. The van der Waals surface area contributed by atoms with Crippen LogP contribution < -0.4 is 11.5 Å². The van der Waals surface area contributed by atoms with E-state index in [0.29, 0.717) is 12.6 Å². The van der Waals surface area contributed by atoms with Crippen LogP contribution in [-0.2, 0) is 6.54 Å². The highest BCUT2D eigenvalue weighted by Gasteiger charge is 2.28. The number of nitrogens with zero attached hydrogens (tertiary/aromatic N) is 5. The zero-order chi connectivity index (χ0) is 16.7. The number of nitrogens with two attached hydrogens (primary N) is 1. The van der Waals surface area contributed by atoms with Crippen LogP contribution in [0.2, 0.25) is 0 Å². The Morgan fingerprint density at radius 3 is 2.45 bits per heavy atom. The summed E-state index contributed by atoms with van der Waals surface area (Å²) in [5, 5.41) is 16.5. The van der Waals surface area contributed by atoms with Crippen LogP contribution in [0.1, 0.15) is 31.4 Å². The van der Waals surface area contributed by atoms with Crippen LogP contribution in [0.5, 0.6) is 0 Å². The van der Waals surface area contributed by atoms with Crippen molar-refractivity contribution in [1.82, 2.24) is 9.13 Å². The summed E-state index contributed by atoms with van der Waals surface area (Å²) in [7, 11) is 0. The Balaban J connectivity index is 0.000000561. The smallest absolute Gasteiger partial charge is 0.323 e. The Morgan fingerprint density at radius 1 is 1.32 bits per heavy atom. The highest BCUT2D eigenvalue weighted by atomic mass is 16.1. The number of aromatic nitrogens is 2. The number of hydrogen-bond acceptors (Lipinski definition) is 5. The maximum absolute atomic E-state index is 12.3. The highest BCUT2D eigenvalue weighted by molar-refractivity contribution is 5.87. The van der Waals surface area contributed by atoms with Crippen molar-refractivity contribution < 1.29 is 0 Å². The predicted molar refractivity (Wildman–Crippen MR) is 85.3 cm³/mol. The average Bonchev–Trinajstić information content (AvgIpc) is 3.35. The Kier molecular flexibility index (Phi) is 5.91. The van der Waals surface area contributed by atoms with E-state index in [4.69, 9.17) is 16.4 Å². The molecule has 1 aliphatic carbocycles. The van der Waals surface area contributed by atoms with E-state index in [-0.39, 0.29) is 5.69 Å². The summed E-state index contributed by atoms with van der Waals surface area (Å²) in [5.74, 6) is 5.16. The molecule has 2 aromatic rings. The van der Waals surface area contributed by atoms with E-state index in [1.165, 1.54) is 0 Å². The lowest BCUT2D eigenvalue weighted by atomic mass is 10.2. The first-order valence-corrected chi connectivity index (χ1v) is 6.76. The zero-order valence-corrected chi connectivity index (χ0v) is 12.4. The fourth-order valence-electron chi connectivity index (χ4n) is 2.45. The molecule has 2 N–H and O–H groups in total. The van der Waals surface area contributed by atoms with Gasteiger partial charge < -0.3 is 5.84 Å². The number of rotatable bonds is 3. The van der Waals surface area contributed by atoms with Crippen LogP contribution >= 0.6 is 0 Å². The number of imidazole rings is 1. The summed E-state index contributed by atoms with van der Waals surface area (Å²) in [6.45, 7) is 9.67. The van der Waals surface area contributed by atoms with E-state index >= 15 is 0 Å². The number of aryl methyl sites for hydroxylation is 1. The van der Waals surface area contributed by atoms with Gasteiger partial charge in [-0.15, -0.1) is 0 Å². The minimum atomic E-state index is 0.0943. The molecule has 7 nitrogen and oxygen atoms in total. The van der Waals surface area contributed by atoms with Crippen molar-refractivity contribution in [1.29, 1.82) is 10.5 Å². The molecule has 114 valence electrons. The second-order valence-corrected chi connectivity index (χ2v) is 4.65. The van der Waals surface area contributed by atoms with Crippen LogP contribution in [0.4, 0.5) is 0 Å². The molecular formula is C15H18N6O. The Bertz CT molecular complexity index is 755. The van der Waals surface area contributed by atoms with E-state index in [1.54, 1.807) is 6.21 Å². The van der Waals surface area contributed by atoms with Gasteiger partial charge in [0.2, 0.25) is 0 Å². The molecular weight excluding hydrogens is 280 g/mol. The third-order valence-electron chi connectivity index (χ3n) is 3.44. The van der Waals surface area contributed by atoms with Crippen LogP contribution in [-0.4, -0.2) is 15.3 Å². The topological polar surface area (TPSA) is 113 Å². The van der Waals surface area contributed by atoms with E-state index in [0.717, 1.165) is 29.4 Å². The van der Waals surface area contributed by atoms with Gasteiger partial charge in [0, 0.05) is 25.7 Å². The first kappa shape index (κ1) is 17.0. The lowest BCUT2D eigenvalue weighted by Crippen LogP contribution is -2.23. The van der Waals surface area contributed by atoms with Crippen molar-refractivity contribution in [3.05, 3.63) is 34.2 Å². The minimum absolute atomic E-state index is 0.0943. The van der Waals surface area contributed by atoms with Gasteiger partial charge in [0.25, 0.3) is 0 Å². The first-order valence-electron chi connectivity index (χ1n) is 6.76. The molecule has 3 rings (SSSR count). The average molecular weight is 298 g/mol. The number of benzene rings is 1. The van der Waals surface area contributed by atoms with Crippen LogP contribution in [0, 0.1) is 23.7 Å². The molecule has 1 aromatic carbocycles. The number of fused-ring (bicyclic) bond motifs is 1. The summed E-state index contributed by atoms with van der Waals surface area (Å²) in [5.41, 5.74) is 2.99. The molecule has 0 saturated heterocycles. The maximum atomic E-state index is 12.3. The van der Waals surface area contributed by atoms with Crippen molar-refractivity contribution in [2.75, 3.05) is 0 Å². The molecule has 0 radical (unpaired) electrons. The molecule has 1 aliphatic rings. The Labute approximate surface area is 128 Å². The SMILES string of the molecule is C#N.C#N.CCn1c(=O)n(C2CC2)c2ccc(C=NN)cc21. The van der Waals surface area contributed by atoms with Crippen molar-refractivity contribution in [2.24, 2.45) is 10.9 Å². The summed E-state index contributed by atoms with van der Waals surface area (Å²) in [6.07, 6.45) is 3.81. The summed E-state index contributed by atoms with van der Waals surface area (Å²) in [4.78, 5) is 12.3. The van der Waals surface area contributed by atoms with Crippen molar-refractivity contribution in [3.63, 3.8) is 0 Å². The fourth-order valence-corrected chi connectivity index (χ4v) is 2.45. The van der Waals surface area contributed by atoms with E-state index in [1.807, 2.05) is 34.3 Å². The number of nitriles is 2. The fraction of sp³-hybridized carbons (Fsp3) is 0.333. The summed E-state index contributed by atoms with van der Waals surface area (Å²) in [6, 6.07) is 6.28. The molecule has 22 heavy (non-hydrogen) atoms. The van der Waals surface area contributed by atoms with Gasteiger partial charge in [-0.1, -0.05) is 6.07 Å². The van der Waals surface area contributed by atoms with E-state index in [9.17, 15) is 4.79 Å². The van der Waals surface area contributed by atoms with Gasteiger partial charge in [-0.25, -0.2) is 15.3 Å². The second-order valence-electron chi connectivity index (χ2n) is 4.65. The Morgan fingerprint density at radius 2 is 1.95 bits per heavy atom. The third-order valence-corrected chi connectivity index (χ3v) is 3.44. The minimum Gasteiger partial charge on any atom is -0.323 e. The molecule has 0 amide bonds. The van der Waals surface area contributed by atoms with Crippen molar-refractivity contribution in [3.8, 4) is 13.1 Å². The molecule has 1 fully saturated rings. The molecule has 0 unspecified atom stereocenters. The highest BCUT2D eigenvalue weighted by Crippen LogP contribution is 2.36. The van der Waals surface area contributed by atoms with Crippen LogP contribution in [0.15, 0.2) is 28.1 Å². The van der Waals surface area contributed by atoms with E-state index < -0.39 is 0 Å². The standard InChI is InChI=1S/C13H16N4O.2CHN/c1-2-16-12-7-9(8-15-14)3-6-11(12)17(13(16)18)10-4-5-10;2*1-2/h3,6-8,10H,2,4-5,14H2,1H3;2*1H. The molecule has 0 aliphatic heterocycles. The lowest BCUT2D eigenvalue weighted by Gasteiger charge is -2.00. The molecule has 0 atom stereocenters. The maximum Gasteiger partial charge on any atom is 0.329 e. The Hall–Kier alpha value is -3.06. The van der Waals surface area contributed by atoms with Gasteiger partial charge in [0.05, 0.1) is 17.2 Å². The molecule has 7 heteroatoms. The van der Waals surface area contributed by atoms with E-state index in [2.05, 4.69) is 18.2 Å². The van der Waals surface area contributed by atoms with Crippen molar-refractivity contribution in [2.45, 2.75) is 32.4 Å². The summed E-state index contributed by atoms with van der Waals surface area (Å²) < 4.78 is 3.73. The van der Waals surface area contributed by atoms with Gasteiger partial charge in [-0.05, 0) is 37.5 Å². The third kappa shape index (κ3) is 2.99. The van der Waals surface area contributed by atoms with Crippen molar-refractivity contribution >= 4 is 17.2 Å². The number of hydrogen-bond donors (Lipinski definition) is 1. The van der Waals surface area contributed by atoms with Gasteiger partial charge in [-0.3, -0.25) is 9.13 Å². The first-order chi connectivity index (χ1) is 10.8. The largest absolute Gasteiger partial charge is 0.329 e. The van der Waals surface area contributed by atoms with Gasteiger partial charge in [-0.2, -0.15) is 5.10 Å². The number of hydrazone groups is 1. The zero-order valence-electron chi connectivity index (χ0n) is 12.4. The normalized spacial score (nSPS) is 13.1. The van der Waals surface area contributed by atoms with Gasteiger partial charge in [0.15, 0.2) is 0 Å². The molecule has 1 aromatic heterocycles. The van der Waals surface area contributed by atoms with Crippen LogP contribution in [0.3, 0.4) is 0 Å². The monoisotopic (exact) mass is 298 g/mol. The predicted octanol–water partition coefficient (Wildman–Crippen LogP) is 1.73. The molecule has 1 saturated carbocycles. The second kappa shape index (κ2) is 7.65. The van der Waals surface area contributed by atoms with Crippen LogP contribution in [0.25, 0.3) is 11.0 Å². The molecule has 0 bridgehead atoms. The molecule has 0 spiro atoms. The van der Waals surface area contributed by atoms with Gasteiger partial charge >= 0.3 is 5.69 Å². The van der Waals surface area contributed by atoms with Gasteiger partial charge in [0.1, 0.15) is 0 Å².